The summed E-state index contributed by atoms with van der Waals surface area (Å²) in [5.41, 5.74) is 4.59. The number of nitrogens with one attached hydrogen (secondary N) is 2. The van der Waals surface area contributed by atoms with E-state index in [1.165, 1.54) is 0 Å². The topological polar surface area (TPSA) is 106 Å². The number of aliphatic hydroxyl groups excluding tert-OH is 1. The van der Waals surface area contributed by atoms with E-state index in [0.29, 0.717) is 18.9 Å². The normalized spacial score (nSPS) is 17.2. The number of carbonyl (C=O) groups is 1. The van der Waals surface area contributed by atoms with Crippen LogP contribution < -0.4 is 10.1 Å². The second-order valence-corrected chi connectivity index (χ2v) is 8.86. The summed E-state index contributed by atoms with van der Waals surface area (Å²) < 4.78 is 17.3. The maximum Gasteiger partial charge on any atom is 0.286 e. The smallest absolute Gasteiger partial charge is 0.286 e. The molecule has 0 saturated carbocycles. The fourth-order valence-corrected chi connectivity index (χ4v) is 4.27. The minimum absolute atomic E-state index is 0.00624. The van der Waals surface area contributed by atoms with Crippen molar-refractivity contribution in [1.82, 2.24) is 15.3 Å². The van der Waals surface area contributed by atoms with Crippen molar-refractivity contribution >= 4 is 16.9 Å². The van der Waals surface area contributed by atoms with Crippen LogP contribution in [0.15, 0.2) is 84.6 Å². The van der Waals surface area contributed by atoms with E-state index in [1.807, 2.05) is 78.9 Å². The number of carbonyl (C=O) groups excluding carboxylic acids is 1. The van der Waals surface area contributed by atoms with Crippen LogP contribution in [-0.4, -0.2) is 34.4 Å². The van der Waals surface area contributed by atoms with Crippen molar-refractivity contribution in [3.8, 4) is 5.75 Å². The fourth-order valence-electron chi connectivity index (χ4n) is 4.27. The predicted molar refractivity (Wildman–Crippen MR) is 138 cm³/mol. The zero-order valence-electron chi connectivity index (χ0n) is 20.5. The van der Waals surface area contributed by atoms with E-state index in [9.17, 15) is 9.90 Å². The largest absolute Gasteiger partial charge is 0.497 e. The molecule has 0 unspecified atom stereocenters. The number of rotatable bonds is 9. The molecule has 37 heavy (non-hydrogen) atoms. The summed E-state index contributed by atoms with van der Waals surface area (Å²) in [4.78, 5) is 20.8. The van der Waals surface area contributed by atoms with Gasteiger partial charge in [0.1, 0.15) is 11.6 Å². The van der Waals surface area contributed by atoms with Crippen LogP contribution in [0.2, 0.25) is 0 Å². The molecule has 0 radical (unpaired) electrons. The summed E-state index contributed by atoms with van der Waals surface area (Å²) >= 11 is 0. The average molecular weight is 500 g/mol. The van der Waals surface area contributed by atoms with Gasteiger partial charge in [0, 0.05) is 12.3 Å². The molecule has 0 saturated heterocycles. The summed E-state index contributed by atoms with van der Waals surface area (Å²) in [6.07, 6.45) is 1.79. The molecular formula is C29H29N3O5. The van der Waals surface area contributed by atoms with Gasteiger partial charge in [-0.2, -0.15) is 0 Å². The standard InChI is InChI=1S/C29H29N3O5/c1-35-23-12-10-21(11-13-23)22-14-26(29(34)30-16-27-31-24-4-2-3-5-25(24)32-27)37-28(15-22)36-18-20-8-6-19(17-33)7-9-20/h2-14,22,28,33H,15-18H2,1H3,(H,30,34)(H,31,32)/t22-,28+/m1/s1. The number of aliphatic hydroxyl groups is 1. The lowest BCUT2D eigenvalue weighted by Crippen LogP contribution is -2.32. The maximum atomic E-state index is 13.1. The molecule has 4 aromatic rings. The number of amides is 1. The summed E-state index contributed by atoms with van der Waals surface area (Å²) in [7, 11) is 1.63. The number of nitrogens with zero attached hydrogens (tertiary/aromatic N) is 1. The van der Waals surface area contributed by atoms with E-state index >= 15 is 0 Å². The number of hydrogen-bond donors (Lipinski definition) is 3. The molecule has 190 valence electrons. The molecule has 0 spiro atoms. The van der Waals surface area contributed by atoms with Crippen molar-refractivity contribution < 1.29 is 24.1 Å². The number of aromatic amines is 1. The van der Waals surface area contributed by atoms with Gasteiger partial charge >= 0.3 is 0 Å². The zero-order chi connectivity index (χ0) is 25.6. The molecule has 3 N–H and O–H groups in total. The van der Waals surface area contributed by atoms with Gasteiger partial charge in [0.25, 0.3) is 5.91 Å². The number of imidazole rings is 1. The molecular weight excluding hydrogens is 470 g/mol. The Hall–Kier alpha value is -4.14. The van der Waals surface area contributed by atoms with Gasteiger partial charge in [-0.25, -0.2) is 4.98 Å². The Morgan fingerprint density at radius 2 is 1.84 bits per heavy atom. The van der Waals surface area contributed by atoms with Crippen molar-refractivity contribution in [3.05, 3.63) is 107 Å². The molecule has 2 heterocycles. The Morgan fingerprint density at radius 3 is 2.57 bits per heavy atom. The van der Waals surface area contributed by atoms with Crippen molar-refractivity contribution in [1.29, 1.82) is 0 Å². The van der Waals surface area contributed by atoms with Crippen LogP contribution >= 0.6 is 0 Å². The van der Waals surface area contributed by atoms with Crippen molar-refractivity contribution in [2.75, 3.05) is 7.11 Å². The molecule has 1 aliphatic heterocycles. The van der Waals surface area contributed by atoms with Gasteiger partial charge in [0.2, 0.25) is 6.29 Å². The Morgan fingerprint density at radius 1 is 1.08 bits per heavy atom. The molecule has 3 aromatic carbocycles. The molecule has 0 aliphatic carbocycles. The Bertz CT molecular complexity index is 1350. The number of methoxy groups -OCH3 is 1. The van der Waals surface area contributed by atoms with Gasteiger partial charge in [0.05, 0.1) is 37.9 Å². The van der Waals surface area contributed by atoms with Crippen molar-refractivity contribution in [2.24, 2.45) is 0 Å². The lowest BCUT2D eigenvalue weighted by molar-refractivity contribution is -0.150. The van der Waals surface area contributed by atoms with Crippen molar-refractivity contribution in [2.45, 2.75) is 38.4 Å². The van der Waals surface area contributed by atoms with E-state index in [4.69, 9.17) is 14.2 Å². The van der Waals surface area contributed by atoms with E-state index < -0.39 is 6.29 Å². The van der Waals surface area contributed by atoms with Crippen LogP contribution in [-0.2, 0) is 34.0 Å². The number of H-pyrrole nitrogens is 1. The van der Waals surface area contributed by atoms with E-state index in [2.05, 4.69) is 15.3 Å². The van der Waals surface area contributed by atoms with Crippen LogP contribution in [0.4, 0.5) is 0 Å². The minimum atomic E-state index is -0.610. The molecule has 0 bridgehead atoms. The molecule has 1 aliphatic rings. The number of para-hydroxylation sites is 2. The summed E-state index contributed by atoms with van der Waals surface area (Å²) in [5, 5.41) is 12.2. The van der Waals surface area contributed by atoms with Crippen molar-refractivity contribution in [3.63, 3.8) is 0 Å². The van der Waals surface area contributed by atoms with E-state index in [-0.39, 0.29) is 30.7 Å². The first kappa shape index (κ1) is 24.5. The maximum absolute atomic E-state index is 13.1. The van der Waals surface area contributed by atoms with Gasteiger partial charge < -0.3 is 29.6 Å². The predicted octanol–water partition coefficient (Wildman–Crippen LogP) is 4.31. The van der Waals surface area contributed by atoms with Crippen LogP contribution in [0.1, 0.15) is 34.9 Å². The SMILES string of the molecule is COc1ccc([C@@H]2C=C(C(=O)NCc3nc4ccccc4[nH]3)O[C@H](OCc3ccc(CO)cc3)C2)cc1. The Kier molecular flexibility index (Phi) is 7.49. The van der Waals surface area contributed by atoms with Crippen LogP contribution in [0.5, 0.6) is 5.75 Å². The summed E-state index contributed by atoms with van der Waals surface area (Å²) in [5.74, 6) is 1.23. The molecule has 2 atom stereocenters. The van der Waals surface area contributed by atoms with Gasteiger partial charge in [-0.05, 0) is 47.0 Å². The molecule has 1 amide bonds. The highest BCUT2D eigenvalue weighted by atomic mass is 16.7. The lowest BCUT2D eigenvalue weighted by atomic mass is 9.93. The molecule has 1 aromatic heterocycles. The highest BCUT2D eigenvalue weighted by Crippen LogP contribution is 2.32. The third-order valence-electron chi connectivity index (χ3n) is 6.32. The highest BCUT2D eigenvalue weighted by Gasteiger charge is 2.29. The lowest BCUT2D eigenvalue weighted by Gasteiger charge is -2.29. The van der Waals surface area contributed by atoms with Crippen LogP contribution in [0, 0.1) is 0 Å². The van der Waals surface area contributed by atoms with E-state index in [1.54, 1.807) is 7.11 Å². The second-order valence-electron chi connectivity index (χ2n) is 8.86. The molecule has 8 nitrogen and oxygen atoms in total. The Labute approximate surface area is 214 Å². The van der Waals surface area contributed by atoms with E-state index in [0.717, 1.165) is 33.5 Å². The highest BCUT2D eigenvalue weighted by molar-refractivity contribution is 5.91. The Balaban J connectivity index is 1.30. The average Bonchev–Trinajstić information content (AvgIpc) is 3.38. The number of ether oxygens (including phenoxy) is 3. The third kappa shape index (κ3) is 5.99. The second kappa shape index (κ2) is 11.3. The number of aromatic nitrogens is 2. The first-order valence-corrected chi connectivity index (χ1v) is 12.2. The van der Waals surface area contributed by atoms with Gasteiger partial charge in [-0.1, -0.05) is 48.5 Å². The summed E-state index contributed by atoms with van der Waals surface area (Å²) in [6.45, 7) is 0.553. The van der Waals surface area contributed by atoms with Gasteiger partial charge in [0.15, 0.2) is 5.76 Å². The van der Waals surface area contributed by atoms with Crippen LogP contribution in [0.25, 0.3) is 11.0 Å². The van der Waals surface area contributed by atoms with Crippen LogP contribution in [0.3, 0.4) is 0 Å². The number of hydrogen-bond acceptors (Lipinski definition) is 6. The first-order chi connectivity index (χ1) is 18.1. The number of allylic oxidation sites excluding steroid dienone is 1. The molecule has 5 rings (SSSR count). The minimum Gasteiger partial charge on any atom is -0.497 e. The summed E-state index contributed by atoms with van der Waals surface area (Å²) in [6, 6.07) is 23.0. The number of fused-ring (bicyclic) bond motifs is 1. The van der Waals surface area contributed by atoms with Gasteiger partial charge in [-0.3, -0.25) is 4.79 Å². The van der Waals surface area contributed by atoms with Gasteiger partial charge in [-0.15, -0.1) is 0 Å². The fraction of sp³-hybridized carbons (Fsp3) is 0.241. The number of benzene rings is 3. The molecule has 8 heteroatoms. The zero-order valence-corrected chi connectivity index (χ0v) is 20.5. The monoisotopic (exact) mass is 499 g/mol. The quantitative estimate of drug-likeness (QED) is 0.317. The third-order valence-corrected chi connectivity index (χ3v) is 6.32. The molecule has 0 fully saturated rings. The first-order valence-electron chi connectivity index (χ1n) is 12.2.